The van der Waals surface area contributed by atoms with E-state index in [9.17, 15) is 0 Å². The molecular formula is C13H29P. The Morgan fingerprint density at radius 1 is 0.929 bits per heavy atom. The first kappa shape index (κ1) is 14.4. The fourth-order valence-corrected chi connectivity index (χ4v) is 2.98. The SMILES string of the molecule is CCC(CC)C(C)(C)C(P)C(C)(C)C. The first-order chi connectivity index (χ1) is 6.17. The molecule has 0 aromatic heterocycles. The van der Waals surface area contributed by atoms with Crippen molar-refractivity contribution in [2.24, 2.45) is 16.7 Å². The van der Waals surface area contributed by atoms with Crippen LogP contribution in [0.4, 0.5) is 0 Å². The minimum atomic E-state index is 0.386. The summed E-state index contributed by atoms with van der Waals surface area (Å²) in [5.41, 5.74) is 1.49. The summed E-state index contributed by atoms with van der Waals surface area (Å²) in [5.74, 6) is 0.837. The second kappa shape index (κ2) is 4.97. The lowest BCUT2D eigenvalue weighted by atomic mass is 9.66. The van der Waals surface area contributed by atoms with Gasteiger partial charge in [-0.2, -0.15) is 0 Å². The highest BCUT2D eigenvalue weighted by Gasteiger charge is 2.38. The van der Waals surface area contributed by atoms with Crippen LogP contribution in [0.1, 0.15) is 61.3 Å². The maximum atomic E-state index is 3.08. The topological polar surface area (TPSA) is 0 Å². The van der Waals surface area contributed by atoms with Crippen LogP contribution in [0.2, 0.25) is 0 Å². The molecule has 14 heavy (non-hydrogen) atoms. The van der Waals surface area contributed by atoms with Gasteiger partial charge in [0.2, 0.25) is 0 Å². The Balaban J connectivity index is 4.75. The van der Waals surface area contributed by atoms with Crippen molar-refractivity contribution in [2.75, 3.05) is 0 Å². The van der Waals surface area contributed by atoms with Gasteiger partial charge in [0.25, 0.3) is 0 Å². The van der Waals surface area contributed by atoms with Crippen LogP contribution in [0.15, 0.2) is 0 Å². The van der Waals surface area contributed by atoms with E-state index in [1.165, 1.54) is 12.8 Å². The van der Waals surface area contributed by atoms with Crippen molar-refractivity contribution in [3.05, 3.63) is 0 Å². The molecular weight excluding hydrogens is 187 g/mol. The summed E-state index contributed by atoms with van der Waals surface area (Å²) < 4.78 is 0. The summed E-state index contributed by atoms with van der Waals surface area (Å²) in [7, 11) is 3.08. The maximum Gasteiger partial charge on any atom is -0.0162 e. The van der Waals surface area contributed by atoms with Gasteiger partial charge in [0, 0.05) is 0 Å². The monoisotopic (exact) mass is 216 g/mol. The molecule has 0 bridgehead atoms. The summed E-state index contributed by atoms with van der Waals surface area (Å²) in [6.45, 7) is 16.5. The molecule has 0 aromatic carbocycles. The fourth-order valence-electron chi connectivity index (χ4n) is 2.71. The van der Waals surface area contributed by atoms with E-state index in [0.717, 1.165) is 5.92 Å². The molecule has 0 spiro atoms. The van der Waals surface area contributed by atoms with Crippen LogP contribution >= 0.6 is 9.24 Å². The van der Waals surface area contributed by atoms with Gasteiger partial charge < -0.3 is 0 Å². The molecule has 0 N–H and O–H groups in total. The third kappa shape index (κ3) is 3.23. The lowest BCUT2D eigenvalue weighted by molar-refractivity contribution is 0.134. The largest absolute Gasteiger partial charge is 0.133 e. The van der Waals surface area contributed by atoms with E-state index in [-0.39, 0.29) is 0 Å². The van der Waals surface area contributed by atoms with Gasteiger partial charge in [0.1, 0.15) is 0 Å². The van der Waals surface area contributed by atoms with Gasteiger partial charge in [-0.1, -0.05) is 61.3 Å². The molecule has 0 aromatic rings. The lowest BCUT2D eigenvalue weighted by Gasteiger charge is -2.45. The van der Waals surface area contributed by atoms with Crippen molar-refractivity contribution in [1.82, 2.24) is 0 Å². The first-order valence-corrected chi connectivity index (χ1v) is 6.60. The zero-order chi connectivity index (χ0) is 11.6. The molecule has 0 aliphatic rings. The second-order valence-corrected chi connectivity index (χ2v) is 6.85. The molecule has 86 valence electrons. The number of hydrogen-bond donors (Lipinski definition) is 0. The standard InChI is InChI=1S/C13H29P/c1-8-10(9-2)13(6,7)11(14)12(3,4)5/h10-11H,8-9,14H2,1-7H3. The van der Waals surface area contributed by atoms with Crippen LogP contribution in [-0.2, 0) is 0 Å². The molecule has 0 rings (SSSR count). The first-order valence-electron chi connectivity index (χ1n) is 5.93. The van der Waals surface area contributed by atoms with Gasteiger partial charge in [-0.25, -0.2) is 0 Å². The lowest BCUT2D eigenvalue weighted by Crippen LogP contribution is -2.40. The molecule has 2 atom stereocenters. The predicted molar refractivity (Wildman–Crippen MR) is 70.8 cm³/mol. The highest BCUT2D eigenvalue weighted by atomic mass is 31.0. The van der Waals surface area contributed by atoms with E-state index >= 15 is 0 Å². The molecule has 0 saturated heterocycles. The Labute approximate surface area is 93.4 Å². The van der Waals surface area contributed by atoms with Gasteiger partial charge in [0.05, 0.1) is 0 Å². The fraction of sp³-hybridized carbons (Fsp3) is 1.00. The van der Waals surface area contributed by atoms with Crippen LogP contribution in [0.3, 0.4) is 0 Å². The molecule has 0 radical (unpaired) electrons. The average Bonchev–Trinajstić information content (AvgIpc) is 2.03. The minimum absolute atomic E-state index is 0.386. The van der Waals surface area contributed by atoms with Crippen molar-refractivity contribution in [3.63, 3.8) is 0 Å². The molecule has 0 saturated carbocycles. The molecule has 0 amide bonds. The summed E-state index contributed by atoms with van der Waals surface area (Å²) in [6, 6.07) is 0. The third-order valence-electron chi connectivity index (χ3n) is 3.77. The Kier molecular flexibility index (Phi) is 5.12. The van der Waals surface area contributed by atoms with Crippen LogP contribution < -0.4 is 0 Å². The second-order valence-electron chi connectivity index (χ2n) is 6.18. The van der Waals surface area contributed by atoms with E-state index in [2.05, 4.69) is 57.7 Å². The van der Waals surface area contributed by atoms with Gasteiger partial charge in [-0.15, -0.1) is 9.24 Å². The van der Waals surface area contributed by atoms with Gasteiger partial charge >= 0.3 is 0 Å². The normalized spacial score (nSPS) is 16.1. The Morgan fingerprint density at radius 2 is 1.29 bits per heavy atom. The zero-order valence-corrected chi connectivity index (χ0v) is 12.3. The Morgan fingerprint density at radius 3 is 1.50 bits per heavy atom. The van der Waals surface area contributed by atoms with E-state index in [4.69, 9.17) is 0 Å². The highest BCUT2D eigenvalue weighted by molar-refractivity contribution is 7.17. The van der Waals surface area contributed by atoms with Crippen molar-refractivity contribution in [2.45, 2.75) is 67.0 Å². The quantitative estimate of drug-likeness (QED) is 0.595. The number of hydrogen-bond acceptors (Lipinski definition) is 0. The van der Waals surface area contributed by atoms with Gasteiger partial charge in [0.15, 0.2) is 0 Å². The molecule has 0 nitrogen and oxygen atoms in total. The summed E-state index contributed by atoms with van der Waals surface area (Å²) in [6.07, 6.45) is 2.59. The predicted octanol–water partition coefficient (Wildman–Crippen LogP) is 4.74. The highest BCUT2D eigenvalue weighted by Crippen LogP contribution is 2.46. The molecule has 0 fully saturated rings. The van der Waals surface area contributed by atoms with Gasteiger partial charge in [-0.3, -0.25) is 0 Å². The minimum Gasteiger partial charge on any atom is -0.133 e. The van der Waals surface area contributed by atoms with Crippen molar-refractivity contribution in [1.29, 1.82) is 0 Å². The Hall–Kier alpha value is 0.430. The third-order valence-corrected chi connectivity index (χ3v) is 5.63. The van der Waals surface area contributed by atoms with Crippen LogP contribution in [0, 0.1) is 16.7 Å². The van der Waals surface area contributed by atoms with Crippen molar-refractivity contribution < 1.29 is 0 Å². The van der Waals surface area contributed by atoms with Crippen LogP contribution in [0.5, 0.6) is 0 Å². The van der Waals surface area contributed by atoms with E-state index in [1.807, 2.05) is 0 Å². The van der Waals surface area contributed by atoms with Crippen LogP contribution in [0.25, 0.3) is 0 Å². The molecule has 0 aliphatic carbocycles. The molecule has 0 aliphatic heterocycles. The summed E-state index contributed by atoms with van der Waals surface area (Å²) >= 11 is 0. The Bertz CT molecular complexity index is 161. The van der Waals surface area contributed by atoms with Gasteiger partial charge in [-0.05, 0) is 22.4 Å². The van der Waals surface area contributed by atoms with E-state index in [0.29, 0.717) is 16.5 Å². The molecule has 2 unspecified atom stereocenters. The number of rotatable bonds is 4. The molecule has 1 heteroatoms. The summed E-state index contributed by atoms with van der Waals surface area (Å²) in [4.78, 5) is 0. The smallest absolute Gasteiger partial charge is 0.0162 e. The van der Waals surface area contributed by atoms with Crippen LogP contribution in [-0.4, -0.2) is 5.66 Å². The maximum absolute atomic E-state index is 3.08. The molecule has 0 heterocycles. The average molecular weight is 216 g/mol. The zero-order valence-electron chi connectivity index (χ0n) is 11.1. The summed E-state index contributed by atoms with van der Waals surface area (Å²) in [5, 5.41) is 0. The van der Waals surface area contributed by atoms with Crippen molar-refractivity contribution >= 4 is 9.24 Å². The van der Waals surface area contributed by atoms with E-state index < -0.39 is 0 Å². The van der Waals surface area contributed by atoms with E-state index in [1.54, 1.807) is 0 Å². The van der Waals surface area contributed by atoms with Crippen molar-refractivity contribution in [3.8, 4) is 0 Å².